The van der Waals surface area contributed by atoms with Gasteiger partial charge in [0.25, 0.3) is 6.71 Å². The fourth-order valence-corrected chi connectivity index (χ4v) is 14.5. The SMILES string of the molecule is C/C=C\C=C/CN(c1cc2c3c(c1)N(c1cccc4oc5c(c14)=CCCC=5)c1ccc(C(C)(C)C)cc1B3c1oc3cc4c5cc3c1N2c1ccc(C(C)(C)C)c(c1)C(C)(C)C[C@]5(C)CCC4(C)C)C1C=CC=CC1. The Morgan fingerprint density at radius 3 is 2.28 bits per heavy atom. The van der Waals surface area contributed by atoms with E-state index in [4.69, 9.17) is 8.83 Å². The van der Waals surface area contributed by atoms with Crippen LogP contribution in [0.15, 0.2) is 136 Å². The Morgan fingerprint density at radius 1 is 0.720 bits per heavy atom. The topological polar surface area (TPSA) is 36.0 Å². The molecule has 5 aromatic carbocycles. The van der Waals surface area contributed by atoms with Crippen molar-refractivity contribution in [3.05, 3.63) is 166 Å². The van der Waals surface area contributed by atoms with Crippen LogP contribution >= 0.6 is 0 Å². The Bertz CT molecular complexity index is 3800. The van der Waals surface area contributed by atoms with Crippen molar-refractivity contribution in [3.63, 3.8) is 0 Å². The summed E-state index contributed by atoms with van der Waals surface area (Å²) in [5.74, 6) is 0. The van der Waals surface area contributed by atoms with Crippen LogP contribution < -0.4 is 41.9 Å². The maximum absolute atomic E-state index is 7.76. The molecule has 0 saturated heterocycles. The van der Waals surface area contributed by atoms with Crippen molar-refractivity contribution in [2.45, 2.75) is 155 Å². The molecule has 3 aliphatic heterocycles. The second-order valence-electron chi connectivity index (χ2n) is 26.5. The van der Waals surface area contributed by atoms with E-state index in [-0.39, 0.29) is 39.8 Å². The quantitative estimate of drug-likeness (QED) is 0.123. The number of anilines is 7. The van der Waals surface area contributed by atoms with Crippen molar-refractivity contribution in [2.24, 2.45) is 0 Å². The molecule has 7 aromatic rings. The van der Waals surface area contributed by atoms with Gasteiger partial charge in [-0.25, -0.2) is 0 Å². The van der Waals surface area contributed by atoms with Crippen LogP contribution in [0, 0.1) is 0 Å². The molecule has 6 heteroatoms. The zero-order valence-electron chi connectivity index (χ0n) is 46.5. The summed E-state index contributed by atoms with van der Waals surface area (Å²) in [6.45, 7) is 29.4. The van der Waals surface area contributed by atoms with Gasteiger partial charge in [-0.2, -0.15) is 0 Å². The number of allylic oxidation sites excluding steroid dienone is 5. The Hall–Kier alpha value is -6.66. The number of furan rings is 2. The molecule has 0 saturated carbocycles. The van der Waals surface area contributed by atoms with Crippen LogP contribution in [0.4, 0.5) is 39.8 Å². The summed E-state index contributed by atoms with van der Waals surface area (Å²) in [5, 5.41) is 3.56. The van der Waals surface area contributed by atoms with Crippen molar-refractivity contribution in [3.8, 4) is 0 Å². The first-order chi connectivity index (χ1) is 35.8. The molecule has 1 unspecified atom stereocenters. The highest BCUT2D eigenvalue weighted by Crippen LogP contribution is 2.57. The molecule has 75 heavy (non-hydrogen) atoms. The van der Waals surface area contributed by atoms with Crippen LogP contribution in [-0.4, -0.2) is 19.3 Å². The number of hydrogen-bond donors (Lipinski definition) is 0. The van der Waals surface area contributed by atoms with Gasteiger partial charge in [-0.1, -0.05) is 155 Å². The highest BCUT2D eigenvalue weighted by Gasteiger charge is 2.50. The largest absolute Gasteiger partial charge is 0.468 e. The predicted octanol–water partition coefficient (Wildman–Crippen LogP) is 15.0. The van der Waals surface area contributed by atoms with Gasteiger partial charge in [0.1, 0.15) is 16.6 Å². The minimum atomic E-state index is -0.194. The smallest absolute Gasteiger partial charge is 0.297 e. The van der Waals surface area contributed by atoms with Gasteiger partial charge >= 0.3 is 0 Å². The third-order valence-corrected chi connectivity index (χ3v) is 18.2. The molecule has 5 heterocycles. The van der Waals surface area contributed by atoms with E-state index in [0.717, 1.165) is 78.4 Å². The molecule has 2 atom stereocenters. The molecule has 380 valence electrons. The second-order valence-corrected chi connectivity index (χ2v) is 26.5. The van der Waals surface area contributed by atoms with Crippen LogP contribution in [0.3, 0.4) is 0 Å². The Kier molecular flexibility index (Phi) is 10.7. The summed E-state index contributed by atoms with van der Waals surface area (Å²) >= 11 is 0. The zero-order chi connectivity index (χ0) is 52.1. The molecule has 0 N–H and O–H groups in total. The lowest BCUT2D eigenvalue weighted by Crippen LogP contribution is -2.61. The maximum Gasteiger partial charge on any atom is 0.297 e. The Labute approximate surface area is 445 Å². The van der Waals surface area contributed by atoms with Crippen LogP contribution in [0.1, 0.15) is 149 Å². The standard InChI is InChI=1S/C69H74BN3O2/c1-13-14-15-21-35-71(44-23-17-16-18-24-44)46-38-56-62-57(39-46)73(55-26-22-28-59-61(55)47-25-19-20-27-58(47)74-59)54-32-29-43(65(2,3)4)36-53(54)70(62)64-63-48-40-52-51(41-60(48)75-64)67(8,9)33-34-69(52,12)42-68(10,11)50-37-45(72(56)63)30-31-49(50)66(5,6)7/h13-18,21-23,25-32,36-41,44H,19-20,24,33-35,42H2,1-12H3/b14-13-,21-15-/t44?,69-/m0/s1. The highest BCUT2D eigenvalue weighted by molar-refractivity contribution is 7.00. The highest BCUT2D eigenvalue weighted by atomic mass is 16.3. The molecule has 0 amide bonds. The van der Waals surface area contributed by atoms with Crippen molar-refractivity contribution >= 4 is 97.2 Å². The van der Waals surface area contributed by atoms with Crippen LogP contribution in [0.5, 0.6) is 0 Å². The lowest BCUT2D eigenvalue weighted by Gasteiger charge is -2.47. The minimum absolute atomic E-state index is 0.00481. The fraction of sp³-hybridized carbons (Fsp3) is 0.362. The maximum atomic E-state index is 7.76. The lowest BCUT2D eigenvalue weighted by atomic mass is 9.35. The summed E-state index contributed by atoms with van der Waals surface area (Å²) in [4.78, 5) is 7.89. The summed E-state index contributed by atoms with van der Waals surface area (Å²) in [5.41, 5.74) is 21.4. The molecule has 5 nitrogen and oxygen atoms in total. The van der Waals surface area contributed by atoms with Gasteiger partial charge < -0.3 is 23.5 Å². The van der Waals surface area contributed by atoms with E-state index in [2.05, 4.69) is 237 Å². The molecule has 4 bridgehead atoms. The minimum Gasteiger partial charge on any atom is -0.468 e. The molecule has 2 aromatic heterocycles. The first-order valence-corrected chi connectivity index (χ1v) is 28.0. The van der Waals surface area contributed by atoms with E-state index < -0.39 is 0 Å². The number of fused-ring (bicyclic) bond motifs is 10. The Balaban J connectivity index is 1.21. The molecule has 6 aliphatic rings. The molecular formula is C69H74BN3O2. The van der Waals surface area contributed by atoms with Gasteiger partial charge in [-0.05, 0) is 172 Å². The second kappa shape index (κ2) is 16.7. The first kappa shape index (κ1) is 48.0. The summed E-state index contributed by atoms with van der Waals surface area (Å²) < 4.78 is 14.5. The normalized spacial score (nSPS) is 20.9. The molecule has 0 fully saturated rings. The molecule has 3 aliphatic carbocycles. The van der Waals surface area contributed by atoms with Crippen molar-refractivity contribution in [1.82, 2.24) is 0 Å². The monoisotopic (exact) mass is 988 g/mol. The number of hydrogen-bond acceptors (Lipinski definition) is 5. The first-order valence-electron chi connectivity index (χ1n) is 28.0. The van der Waals surface area contributed by atoms with Crippen molar-refractivity contribution < 1.29 is 8.83 Å². The number of rotatable bonds is 6. The number of nitrogens with zero attached hydrogens (tertiary/aromatic N) is 3. The summed E-state index contributed by atoms with van der Waals surface area (Å²) in [7, 11) is 0. The molecular weight excluding hydrogens is 914 g/mol. The van der Waals surface area contributed by atoms with E-state index in [0.29, 0.717) is 0 Å². The van der Waals surface area contributed by atoms with Gasteiger partial charge in [0.2, 0.25) is 0 Å². The average molecular weight is 988 g/mol. The van der Waals surface area contributed by atoms with Gasteiger partial charge in [0.05, 0.1) is 28.5 Å². The van der Waals surface area contributed by atoms with E-state index in [9.17, 15) is 0 Å². The lowest BCUT2D eigenvalue weighted by molar-refractivity contribution is 0.250. The predicted molar refractivity (Wildman–Crippen MR) is 320 cm³/mol. The molecule has 0 spiro atoms. The van der Waals surface area contributed by atoms with E-state index in [1.165, 1.54) is 83.5 Å². The molecule has 13 rings (SSSR count). The van der Waals surface area contributed by atoms with Crippen LogP contribution in [-0.2, 0) is 27.1 Å². The third kappa shape index (κ3) is 7.38. The van der Waals surface area contributed by atoms with Crippen molar-refractivity contribution in [2.75, 3.05) is 21.2 Å². The number of benzene rings is 5. The fourth-order valence-electron chi connectivity index (χ4n) is 14.5. The molecule has 0 radical (unpaired) electrons. The van der Waals surface area contributed by atoms with Gasteiger partial charge in [-0.15, -0.1) is 0 Å². The average Bonchev–Trinajstić information content (AvgIpc) is 3.95. The van der Waals surface area contributed by atoms with Crippen molar-refractivity contribution in [1.29, 1.82) is 0 Å². The Morgan fingerprint density at radius 2 is 1.52 bits per heavy atom. The van der Waals surface area contributed by atoms with Gasteiger partial charge in [0, 0.05) is 45.6 Å². The zero-order valence-corrected chi connectivity index (χ0v) is 46.5. The van der Waals surface area contributed by atoms with Crippen LogP contribution in [0.25, 0.3) is 34.1 Å². The van der Waals surface area contributed by atoms with E-state index in [1.807, 2.05) is 0 Å². The van der Waals surface area contributed by atoms with E-state index >= 15 is 0 Å². The summed E-state index contributed by atoms with van der Waals surface area (Å²) in [6.07, 6.45) is 28.8. The van der Waals surface area contributed by atoms with Gasteiger partial charge in [-0.3, -0.25) is 0 Å². The van der Waals surface area contributed by atoms with E-state index in [1.54, 1.807) is 0 Å². The van der Waals surface area contributed by atoms with Gasteiger partial charge in [0.15, 0.2) is 0 Å². The van der Waals surface area contributed by atoms with Crippen LogP contribution in [0.2, 0.25) is 0 Å². The summed E-state index contributed by atoms with van der Waals surface area (Å²) in [6, 6.07) is 31.8. The third-order valence-electron chi connectivity index (χ3n) is 18.2.